The van der Waals surface area contributed by atoms with E-state index >= 15 is 0 Å². The van der Waals surface area contributed by atoms with Crippen LogP contribution >= 0.6 is 0 Å². The molecule has 0 aromatic rings. The van der Waals surface area contributed by atoms with Gasteiger partial charge in [-0.3, -0.25) is 0 Å². The van der Waals surface area contributed by atoms with Crippen LogP contribution in [-0.2, 0) is 4.43 Å². The van der Waals surface area contributed by atoms with Crippen LogP contribution in [0.1, 0.15) is 59.3 Å². The molecule has 0 heterocycles. The first kappa shape index (κ1) is 14.1. The summed E-state index contributed by atoms with van der Waals surface area (Å²) in [6, 6.07) is 0. The molecule has 3 saturated carbocycles. The lowest BCUT2D eigenvalue weighted by Gasteiger charge is -2.50. The molecule has 110 valence electrons. The Morgan fingerprint density at radius 1 is 1.16 bits per heavy atom. The molecule has 0 aromatic heterocycles. The van der Waals surface area contributed by atoms with Crippen molar-refractivity contribution in [3.05, 3.63) is 0 Å². The summed E-state index contributed by atoms with van der Waals surface area (Å²) in [5.41, 5.74) is -0.318. The molecule has 3 fully saturated rings. The van der Waals surface area contributed by atoms with Crippen molar-refractivity contribution in [2.24, 2.45) is 11.8 Å². The molecular formula is C16H30O2Si. The van der Waals surface area contributed by atoms with E-state index in [0.717, 1.165) is 12.8 Å². The molecule has 0 aliphatic heterocycles. The van der Waals surface area contributed by atoms with Crippen LogP contribution in [0.5, 0.6) is 0 Å². The minimum absolute atomic E-state index is 0.0267. The molecule has 1 N–H and O–H groups in total. The Kier molecular flexibility index (Phi) is 2.86. The van der Waals surface area contributed by atoms with E-state index in [4.69, 9.17) is 4.43 Å². The van der Waals surface area contributed by atoms with Crippen LogP contribution in [0.25, 0.3) is 0 Å². The highest BCUT2D eigenvalue weighted by molar-refractivity contribution is 6.74. The second kappa shape index (κ2) is 3.86. The van der Waals surface area contributed by atoms with Gasteiger partial charge in [0.2, 0.25) is 0 Å². The molecule has 0 saturated heterocycles. The topological polar surface area (TPSA) is 29.5 Å². The summed E-state index contributed by atoms with van der Waals surface area (Å²) in [5.74, 6) is 0.966. The van der Waals surface area contributed by atoms with Gasteiger partial charge in [-0.25, -0.2) is 0 Å². The van der Waals surface area contributed by atoms with Gasteiger partial charge in [0.15, 0.2) is 8.32 Å². The van der Waals surface area contributed by atoms with Crippen LogP contribution < -0.4 is 0 Å². The molecule has 3 heteroatoms. The monoisotopic (exact) mass is 282 g/mol. The van der Waals surface area contributed by atoms with Crippen molar-refractivity contribution in [2.45, 2.75) is 88.6 Å². The Morgan fingerprint density at radius 2 is 1.84 bits per heavy atom. The fourth-order valence-corrected chi connectivity index (χ4v) is 6.06. The molecule has 3 aliphatic carbocycles. The normalized spacial score (nSPS) is 45.8. The van der Waals surface area contributed by atoms with Gasteiger partial charge in [-0.05, 0) is 49.7 Å². The molecule has 19 heavy (non-hydrogen) atoms. The van der Waals surface area contributed by atoms with Crippen LogP contribution in [0.2, 0.25) is 18.1 Å². The Bertz CT molecular complexity index is 387. The summed E-state index contributed by atoms with van der Waals surface area (Å²) in [6.07, 6.45) is 7.10. The zero-order chi connectivity index (χ0) is 14.1. The Labute approximate surface area is 119 Å². The minimum Gasteiger partial charge on any atom is -0.411 e. The molecule has 4 atom stereocenters. The highest BCUT2D eigenvalue weighted by atomic mass is 28.4. The summed E-state index contributed by atoms with van der Waals surface area (Å²) in [7, 11) is -1.74. The van der Waals surface area contributed by atoms with Gasteiger partial charge in [-0.2, -0.15) is 0 Å². The van der Waals surface area contributed by atoms with Crippen molar-refractivity contribution in [2.75, 3.05) is 0 Å². The lowest BCUT2D eigenvalue weighted by Crippen LogP contribution is -2.54. The van der Waals surface area contributed by atoms with Crippen molar-refractivity contribution in [1.82, 2.24) is 0 Å². The average Bonchev–Trinajstić information content (AvgIpc) is 2.81. The standard InChI is InChI=1S/C16H30O2Si/c1-14(2,3)19(4,5)18-15-9-7-6-8-13(15)16(17)11-12(16)10-15/h12-13,17H,6-11H2,1-5H3/t12-,13+,15+,16-/m0/s1. The van der Waals surface area contributed by atoms with Crippen molar-refractivity contribution >= 4 is 8.32 Å². The van der Waals surface area contributed by atoms with Gasteiger partial charge in [0, 0.05) is 5.92 Å². The van der Waals surface area contributed by atoms with E-state index in [9.17, 15) is 5.11 Å². The van der Waals surface area contributed by atoms with E-state index in [1.54, 1.807) is 0 Å². The molecule has 0 radical (unpaired) electrons. The fraction of sp³-hybridized carbons (Fsp3) is 1.00. The molecule has 0 spiro atoms. The highest BCUT2D eigenvalue weighted by Gasteiger charge is 2.72. The zero-order valence-electron chi connectivity index (χ0n) is 13.3. The lowest BCUT2D eigenvalue weighted by atomic mass is 9.74. The first-order valence-electron chi connectivity index (χ1n) is 8.03. The number of aliphatic hydroxyl groups is 1. The molecule has 3 rings (SSSR count). The predicted molar refractivity (Wildman–Crippen MR) is 80.6 cm³/mol. The van der Waals surface area contributed by atoms with E-state index in [1.165, 1.54) is 25.7 Å². The number of rotatable bonds is 2. The third kappa shape index (κ3) is 1.96. The van der Waals surface area contributed by atoms with Crippen LogP contribution in [0.4, 0.5) is 0 Å². The van der Waals surface area contributed by atoms with Gasteiger partial charge < -0.3 is 9.53 Å². The van der Waals surface area contributed by atoms with Gasteiger partial charge in [0.05, 0.1) is 11.2 Å². The zero-order valence-corrected chi connectivity index (χ0v) is 14.3. The average molecular weight is 282 g/mol. The number of fused-ring (bicyclic) bond motifs is 3. The fourth-order valence-electron chi connectivity index (χ4n) is 4.41. The minimum atomic E-state index is -1.74. The molecule has 0 unspecified atom stereocenters. The summed E-state index contributed by atoms with van der Waals surface area (Å²) < 4.78 is 6.90. The molecule has 0 aromatic carbocycles. The third-order valence-electron chi connectivity index (χ3n) is 6.56. The van der Waals surface area contributed by atoms with Crippen molar-refractivity contribution in [3.63, 3.8) is 0 Å². The summed E-state index contributed by atoms with van der Waals surface area (Å²) in [6.45, 7) is 11.7. The summed E-state index contributed by atoms with van der Waals surface area (Å²) >= 11 is 0. The van der Waals surface area contributed by atoms with Gasteiger partial charge in [-0.15, -0.1) is 0 Å². The second-order valence-corrected chi connectivity index (χ2v) is 13.5. The van der Waals surface area contributed by atoms with E-state index in [-0.39, 0.29) is 16.2 Å². The van der Waals surface area contributed by atoms with Crippen LogP contribution in [-0.4, -0.2) is 24.6 Å². The van der Waals surface area contributed by atoms with E-state index in [1.807, 2.05) is 0 Å². The Balaban J connectivity index is 1.86. The van der Waals surface area contributed by atoms with Gasteiger partial charge in [-0.1, -0.05) is 33.6 Å². The van der Waals surface area contributed by atoms with E-state index in [0.29, 0.717) is 11.8 Å². The van der Waals surface area contributed by atoms with E-state index in [2.05, 4.69) is 33.9 Å². The van der Waals surface area contributed by atoms with Crippen LogP contribution in [0.3, 0.4) is 0 Å². The largest absolute Gasteiger partial charge is 0.411 e. The van der Waals surface area contributed by atoms with Crippen molar-refractivity contribution < 1.29 is 9.53 Å². The maximum atomic E-state index is 10.8. The van der Waals surface area contributed by atoms with Gasteiger partial charge in [0.25, 0.3) is 0 Å². The maximum absolute atomic E-state index is 10.8. The SMILES string of the molecule is CC(C)(C)[Si](C)(C)O[C@@]12CCCC[C@H]1[C@]1(O)C[C@@H]1C2. The lowest BCUT2D eigenvalue weighted by molar-refractivity contribution is -0.0684. The molecular weight excluding hydrogens is 252 g/mol. The van der Waals surface area contributed by atoms with Crippen molar-refractivity contribution in [3.8, 4) is 0 Å². The van der Waals surface area contributed by atoms with Gasteiger partial charge in [0.1, 0.15) is 0 Å². The van der Waals surface area contributed by atoms with Gasteiger partial charge >= 0.3 is 0 Å². The maximum Gasteiger partial charge on any atom is 0.192 e. The first-order chi connectivity index (χ1) is 8.61. The van der Waals surface area contributed by atoms with Crippen LogP contribution in [0, 0.1) is 11.8 Å². The highest BCUT2D eigenvalue weighted by Crippen LogP contribution is 2.68. The van der Waals surface area contributed by atoms with Crippen LogP contribution in [0.15, 0.2) is 0 Å². The molecule has 0 bridgehead atoms. The Morgan fingerprint density at radius 3 is 2.47 bits per heavy atom. The molecule has 2 nitrogen and oxygen atoms in total. The van der Waals surface area contributed by atoms with E-state index < -0.39 is 8.32 Å². The van der Waals surface area contributed by atoms with Crippen molar-refractivity contribution in [1.29, 1.82) is 0 Å². The predicted octanol–water partition coefficient (Wildman–Crippen LogP) is 4.09. The third-order valence-corrected chi connectivity index (χ3v) is 11.1. The quantitative estimate of drug-likeness (QED) is 0.773. The molecule has 0 amide bonds. The second-order valence-electron chi connectivity index (χ2n) is 8.82. The number of hydrogen-bond acceptors (Lipinski definition) is 2. The Hall–Kier alpha value is 0.137. The molecule has 3 aliphatic rings. The number of hydrogen-bond donors (Lipinski definition) is 1. The summed E-state index contributed by atoms with van der Waals surface area (Å²) in [4.78, 5) is 0. The summed E-state index contributed by atoms with van der Waals surface area (Å²) in [5, 5.41) is 11.0. The first-order valence-corrected chi connectivity index (χ1v) is 10.9. The smallest absolute Gasteiger partial charge is 0.192 e.